The minimum absolute atomic E-state index is 0.509. The standard InChI is InChI=1S/C8H11NOS/c1-11-8-4-2-7(3-5-8)6-9-10/h2-5,9-10H,6H2,1H3. The minimum Gasteiger partial charge on any atom is -0.316 e. The number of nitrogens with one attached hydrogen (secondary N) is 1. The van der Waals surface area contributed by atoms with Crippen LogP contribution in [-0.2, 0) is 6.54 Å². The van der Waals surface area contributed by atoms with Crippen LogP contribution in [0, 0.1) is 0 Å². The third kappa shape index (κ3) is 2.54. The number of rotatable bonds is 3. The Balaban J connectivity index is 2.66. The average molecular weight is 169 g/mol. The number of benzene rings is 1. The molecule has 2 N–H and O–H groups in total. The lowest BCUT2D eigenvalue weighted by Gasteiger charge is -1.99. The highest BCUT2D eigenvalue weighted by atomic mass is 32.2. The average Bonchev–Trinajstić information content (AvgIpc) is 2.07. The minimum atomic E-state index is 0.509. The van der Waals surface area contributed by atoms with Crippen molar-refractivity contribution >= 4 is 11.8 Å². The van der Waals surface area contributed by atoms with Gasteiger partial charge in [0.15, 0.2) is 0 Å². The predicted molar refractivity (Wildman–Crippen MR) is 46.8 cm³/mol. The van der Waals surface area contributed by atoms with Crippen LogP contribution in [0.1, 0.15) is 5.56 Å². The molecule has 0 aromatic heterocycles. The molecule has 1 rings (SSSR count). The highest BCUT2D eigenvalue weighted by Crippen LogP contribution is 2.14. The van der Waals surface area contributed by atoms with E-state index in [1.54, 1.807) is 11.8 Å². The monoisotopic (exact) mass is 169 g/mol. The predicted octanol–water partition coefficient (Wildman–Crippen LogP) is 1.89. The molecular weight excluding hydrogens is 158 g/mol. The molecule has 0 aliphatic heterocycles. The quantitative estimate of drug-likeness (QED) is 0.535. The first-order chi connectivity index (χ1) is 5.36. The van der Waals surface area contributed by atoms with Gasteiger partial charge in [0.05, 0.1) is 0 Å². The molecular formula is C8H11NOS. The molecule has 0 atom stereocenters. The van der Waals surface area contributed by atoms with Crippen LogP contribution in [0.4, 0.5) is 0 Å². The molecule has 0 radical (unpaired) electrons. The van der Waals surface area contributed by atoms with Gasteiger partial charge in [0.1, 0.15) is 0 Å². The Kier molecular flexibility index (Phi) is 3.42. The van der Waals surface area contributed by atoms with Crippen LogP contribution in [0.5, 0.6) is 0 Å². The van der Waals surface area contributed by atoms with Crippen molar-refractivity contribution in [2.75, 3.05) is 6.26 Å². The number of hydrogen-bond acceptors (Lipinski definition) is 3. The SMILES string of the molecule is CSc1ccc(CNO)cc1. The van der Waals surface area contributed by atoms with E-state index in [1.807, 2.05) is 30.5 Å². The molecule has 0 amide bonds. The van der Waals surface area contributed by atoms with Crippen LogP contribution >= 0.6 is 11.8 Å². The largest absolute Gasteiger partial charge is 0.316 e. The van der Waals surface area contributed by atoms with E-state index >= 15 is 0 Å². The van der Waals surface area contributed by atoms with Crippen LogP contribution in [0.2, 0.25) is 0 Å². The Bertz CT molecular complexity index is 210. The third-order valence-corrected chi connectivity index (χ3v) is 2.19. The second kappa shape index (κ2) is 4.38. The molecule has 1 aromatic carbocycles. The molecule has 60 valence electrons. The molecule has 0 saturated heterocycles. The summed E-state index contributed by atoms with van der Waals surface area (Å²) in [5.74, 6) is 0. The normalized spacial score (nSPS) is 10.0. The van der Waals surface area contributed by atoms with Gasteiger partial charge in [-0.1, -0.05) is 12.1 Å². The van der Waals surface area contributed by atoms with Crippen LogP contribution in [-0.4, -0.2) is 11.5 Å². The molecule has 0 fully saturated rings. The van der Waals surface area contributed by atoms with E-state index < -0.39 is 0 Å². The van der Waals surface area contributed by atoms with Crippen molar-refractivity contribution in [2.45, 2.75) is 11.4 Å². The van der Waals surface area contributed by atoms with Gasteiger partial charge in [-0.25, -0.2) is 5.48 Å². The van der Waals surface area contributed by atoms with Crippen LogP contribution in [0.3, 0.4) is 0 Å². The summed E-state index contributed by atoms with van der Waals surface area (Å²) in [6, 6.07) is 8.07. The molecule has 2 nitrogen and oxygen atoms in total. The smallest absolute Gasteiger partial charge is 0.0458 e. The fourth-order valence-electron chi connectivity index (χ4n) is 0.835. The molecule has 0 aliphatic carbocycles. The van der Waals surface area contributed by atoms with E-state index in [2.05, 4.69) is 5.48 Å². The Morgan fingerprint density at radius 3 is 2.45 bits per heavy atom. The summed E-state index contributed by atoms with van der Waals surface area (Å²) in [4.78, 5) is 1.24. The zero-order valence-electron chi connectivity index (χ0n) is 6.37. The lowest BCUT2D eigenvalue weighted by molar-refractivity contribution is 0.161. The van der Waals surface area contributed by atoms with E-state index in [9.17, 15) is 0 Å². The number of hydroxylamine groups is 1. The zero-order chi connectivity index (χ0) is 8.10. The van der Waals surface area contributed by atoms with Gasteiger partial charge in [0, 0.05) is 11.4 Å². The summed E-state index contributed by atoms with van der Waals surface area (Å²) in [6.07, 6.45) is 2.04. The fourth-order valence-corrected chi connectivity index (χ4v) is 1.24. The van der Waals surface area contributed by atoms with Crippen molar-refractivity contribution in [1.29, 1.82) is 0 Å². The van der Waals surface area contributed by atoms with Gasteiger partial charge in [-0.15, -0.1) is 11.8 Å². The molecule has 11 heavy (non-hydrogen) atoms. The summed E-state index contributed by atoms with van der Waals surface area (Å²) in [5, 5.41) is 8.39. The Morgan fingerprint density at radius 1 is 1.36 bits per heavy atom. The van der Waals surface area contributed by atoms with E-state index in [0.29, 0.717) is 6.54 Å². The second-order valence-electron chi connectivity index (χ2n) is 2.18. The van der Waals surface area contributed by atoms with Crippen LogP contribution < -0.4 is 5.48 Å². The third-order valence-electron chi connectivity index (χ3n) is 1.44. The first-order valence-electron chi connectivity index (χ1n) is 3.36. The Morgan fingerprint density at radius 2 is 2.00 bits per heavy atom. The molecule has 1 aromatic rings. The molecule has 0 unspecified atom stereocenters. The Hall–Kier alpha value is -0.510. The summed E-state index contributed by atoms with van der Waals surface area (Å²) in [6.45, 7) is 0.509. The van der Waals surface area contributed by atoms with Gasteiger partial charge in [0.2, 0.25) is 0 Å². The topological polar surface area (TPSA) is 32.3 Å². The maximum Gasteiger partial charge on any atom is 0.0458 e. The molecule has 3 heteroatoms. The maximum absolute atomic E-state index is 8.39. The molecule has 0 spiro atoms. The van der Waals surface area contributed by atoms with Gasteiger partial charge < -0.3 is 5.21 Å². The molecule has 0 saturated carbocycles. The molecule has 0 heterocycles. The number of hydrogen-bond donors (Lipinski definition) is 2. The van der Waals surface area contributed by atoms with Gasteiger partial charge >= 0.3 is 0 Å². The van der Waals surface area contributed by atoms with Gasteiger partial charge in [-0.2, -0.15) is 0 Å². The van der Waals surface area contributed by atoms with Crippen molar-refractivity contribution < 1.29 is 5.21 Å². The highest BCUT2D eigenvalue weighted by Gasteiger charge is 1.91. The fraction of sp³-hybridized carbons (Fsp3) is 0.250. The summed E-state index contributed by atoms with van der Waals surface area (Å²) in [5.41, 5.74) is 3.20. The van der Waals surface area contributed by atoms with Crippen molar-refractivity contribution in [3.05, 3.63) is 29.8 Å². The van der Waals surface area contributed by atoms with E-state index in [4.69, 9.17) is 5.21 Å². The van der Waals surface area contributed by atoms with Crippen molar-refractivity contribution in [1.82, 2.24) is 5.48 Å². The van der Waals surface area contributed by atoms with E-state index in [1.165, 1.54) is 4.90 Å². The van der Waals surface area contributed by atoms with Gasteiger partial charge in [-0.05, 0) is 24.0 Å². The van der Waals surface area contributed by atoms with E-state index in [-0.39, 0.29) is 0 Å². The van der Waals surface area contributed by atoms with E-state index in [0.717, 1.165) is 5.56 Å². The highest BCUT2D eigenvalue weighted by molar-refractivity contribution is 7.98. The second-order valence-corrected chi connectivity index (χ2v) is 3.06. The summed E-state index contributed by atoms with van der Waals surface area (Å²) in [7, 11) is 0. The summed E-state index contributed by atoms with van der Waals surface area (Å²) < 4.78 is 0. The lowest BCUT2D eigenvalue weighted by atomic mass is 10.2. The van der Waals surface area contributed by atoms with Gasteiger partial charge in [-0.3, -0.25) is 0 Å². The first kappa shape index (κ1) is 8.59. The number of thioether (sulfide) groups is 1. The van der Waals surface area contributed by atoms with Crippen LogP contribution in [0.15, 0.2) is 29.2 Å². The van der Waals surface area contributed by atoms with Gasteiger partial charge in [0.25, 0.3) is 0 Å². The Labute approximate surface area is 70.6 Å². The molecule has 0 bridgehead atoms. The van der Waals surface area contributed by atoms with Crippen molar-refractivity contribution in [3.8, 4) is 0 Å². The maximum atomic E-state index is 8.39. The lowest BCUT2D eigenvalue weighted by Crippen LogP contribution is -2.05. The van der Waals surface area contributed by atoms with Crippen LogP contribution in [0.25, 0.3) is 0 Å². The summed E-state index contributed by atoms with van der Waals surface area (Å²) >= 11 is 1.71. The molecule has 0 aliphatic rings. The zero-order valence-corrected chi connectivity index (χ0v) is 7.19. The van der Waals surface area contributed by atoms with Crippen molar-refractivity contribution in [2.24, 2.45) is 0 Å². The van der Waals surface area contributed by atoms with Crippen molar-refractivity contribution in [3.63, 3.8) is 0 Å². The first-order valence-corrected chi connectivity index (χ1v) is 4.59.